The van der Waals surface area contributed by atoms with Gasteiger partial charge in [0.15, 0.2) is 0 Å². The molecule has 2 aromatic carbocycles. The highest BCUT2D eigenvalue weighted by Gasteiger charge is 2.33. The van der Waals surface area contributed by atoms with E-state index in [0.717, 1.165) is 25.9 Å². The van der Waals surface area contributed by atoms with E-state index >= 15 is 0 Å². The predicted octanol–water partition coefficient (Wildman–Crippen LogP) is 4.00. The monoisotopic (exact) mass is 433 g/mol. The van der Waals surface area contributed by atoms with Gasteiger partial charge in [-0.3, -0.25) is 4.90 Å². The number of halogens is 1. The van der Waals surface area contributed by atoms with Crippen molar-refractivity contribution in [3.63, 3.8) is 0 Å². The summed E-state index contributed by atoms with van der Waals surface area (Å²) in [5.41, 5.74) is 4.24. The van der Waals surface area contributed by atoms with Gasteiger partial charge < -0.3 is 5.11 Å². The Kier molecular flexibility index (Phi) is 4.93. The fraction of sp³-hybridized carbons (Fsp3) is 0.429. The van der Waals surface area contributed by atoms with E-state index in [1.54, 1.807) is 0 Å². The first kappa shape index (κ1) is 16.6. The molecule has 2 aromatic rings. The highest BCUT2D eigenvalue weighted by Crippen LogP contribution is 2.32. The molecule has 2 nitrogen and oxygen atoms in total. The Balaban J connectivity index is 1.43. The molecule has 0 aromatic heterocycles. The van der Waals surface area contributed by atoms with Crippen molar-refractivity contribution >= 4 is 22.6 Å². The van der Waals surface area contributed by atoms with Crippen LogP contribution in [-0.2, 0) is 12.8 Å². The van der Waals surface area contributed by atoms with Crippen LogP contribution in [0.4, 0.5) is 0 Å². The minimum atomic E-state index is -0.232. The van der Waals surface area contributed by atoms with Gasteiger partial charge in [-0.25, -0.2) is 0 Å². The number of rotatable bonds is 2. The zero-order valence-electron chi connectivity index (χ0n) is 13.9. The number of nitrogens with zero attached hydrogens (tertiary/aromatic N) is 1. The number of likely N-dealkylation sites (tertiary alicyclic amines) is 1. The van der Waals surface area contributed by atoms with Crippen molar-refractivity contribution in [2.75, 3.05) is 13.1 Å². The lowest BCUT2D eigenvalue weighted by Crippen LogP contribution is -2.50. The van der Waals surface area contributed by atoms with E-state index in [2.05, 4.69) is 76.0 Å². The van der Waals surface area contributed by atoms with E-state index in [-0.39, 0.29) is 12.1 Å². The first-order valence-corrected chi connectivity index (χ1v) is 10.0. The van der Waals surface area contributed by atoms with E-state index < -0.39 is 0 Å². The molecule has 1 fully saturated rings. The Hall–Kier alpha value is -0.910. The van der Waals surface area contributed by atoms with Crippen LogP contribution < -0.4 is 0 Å². The van der Waals surface area contributed by atoms with Crippen LogP contribution in [0.2, 0.25) is 0 Å². The Bertz CT molecular complexity index is 694. The van der Waals surface area contributed by atoms with Gasteiger partial charge in [0, 0.05) is 16.0 Å². The maximum atomic E-state index is 10.7. The number of aliphatic hydroxyl groups excluding tert-OH is 1. The summed E-state index contributed by atoms with van der Waals surface area (Å²) in [5.74, 6) is 0.678. The highest BCUT2D eigenvalue weighted by atomic mass is 127. The summed E-state index contributed by atoms with van der Waals surface area (Å²) < 4.78 is 1.26. The molecule has 1 aliphatic heterocycles. The fourth-order valence-corrected chi connectivity index (χ4v) is 4.92. The molecule has 0 radical (unpaired) electrons. The van der Waals surface area contributed by atoms with Gasteiger partial charge in [0.2, 0.25) is 0 Å². The summed E-state index contributed by atoms with van der Waals surface area (Å²) in [5, 5.41) is 10.7. The zero-order valence-corrected chi connectivity index (χ0v) is 16.0. The summed E-state index contributed by atoms with van der Waals surface area (Å²) >= 11 is 2.36. The van der Waals surface area contributed by atoms with Gasteiger partial charge in [0.1, 0.15) is 0 Å². The van der Waals surface area contributed by atoms with Gasteiger partial charge in [0.05, 0.1) is 6.10 Å². The van der Waals surface area contributed by atoms with Crippen molar-refractivity contribution in [3.05, 3.63) is 68.8 Å². The second-order valence-corrected chi connectivity index (χ2v) is 8.42. The lowest BCUT2D eigenvalue weighted by Gasteiger charge is -2.42. The topological polar surface area (TPSA) is 23.5 Å². The van der Waals surface area contributed by atoms with Gasteiger partial charge >= 0.3 is 0 Å². The van der Waals surface area contributed by atoms with E-state index in [0.29, 0.717) is 5.92 Å². The lowest BCUT2D eigenvalue weighted by atomic mass is 9.83. The SMILES string of the molecule is O[C@H]1Cc2cc(I)ccc2C[C@H]1N1CCC(c2ccccc2)CC1. The Labute approximate surface area is 158 Å². The third-order valence-corrected chi connectivity index (χ3v) is 6.41. The summed E-state index contributed by atoms with van der Waals surface area (Å²) in [6, 6.07) is 17.9. The molecule has 2 aliphatic rings. The fourth-order valence-electron chi connectivity index (χ4n) is 4.37. The molecule has 3 heteroatoms. The molecule has 24 heavy (non-hydrogen) atoms. The van der Waals surface area contributed by atoms with Crippen molar-refractivity contribution in [2.24, 2.45) is 0 Å². The predicted molar refractivity (Wildman–Crippen MR) is 106 cm³/mol. The molecule has 126 valence electrons. The van der Waals surface area contributed by atoms with Gasteiger partial charge in [-0.2, -0.15) is 0 Å². The van der Waals surface area contributed by atoms with Gasteiger partial charge in [0.25, 0.3) is 0 Å². The summed E-state index contributed by atoms with van der Waals surface area (Å²) in [7, 11) is 0. The maximum Gasteiger partial charge on any atom is 0.0738 e. The molecule has 2 atom stereocenters. The Morgan fingerprint density at radius 2 is 1.67 bits per heavy atom. The lowest BCUT2D eigenvalue weighted by molar-refractivity contribution is 0.0294. The molecule has 4 rings (SSSR count). The van der Waals surface area contributed by atoms with Gasteiger partial charge in [-0.15, -0.1) is 0 Å². The van der Waals surface area contributed by atoms with E-state index in [4.69, 9.17) is 0 Å². The average molecular weight is 433 g/mol. The highest BCUT2D eigenvalue weighted by molar-refractivity contribution is 14.1. The number of hydrogen-bond donors (Lipinski definition) is 1. The Morgan fingerprint density at radius 1 is 0.917 bits per heavy atom. The molecular weight excluding hydrogens is 409 g/mol. The van der Waals surface area contributed by atoms with Gasteiger partial charge in [-0.05, 0) is 89.7 Å². The van der Waals surface area contributed by atoms with Crippen LogP contribution in [0.3, 0.4) is 0 Å². The standard InChI is InChI=1S/C21H24INO/c22-19-7-6-17-13-20(21(24)14-18(17)12-19)23-10-8-16(9-11-23)15-4-2-1-3-5-15/h1-7,12,16,20-21,24H,8-11,13-14H2/t20-,21+/m1/s1. The molecule has 1 aliphatic carbocycles. The molecule has 1 saturated heterocycles. The van der Waals surface area contributed by atoms with E-state index in [1.807, 2.05) is 0 Å². The smallest absolute Gasteiger partial charge is 0.0738 e. The van der Waals surface area contributed by atoms with Crippen molar-refractivity contribution in [3.8, 4) is 0 Å². The minimum absolute atomic E-state index is 0.232. The first-order valence-electron chi connectivity index (χ1n) is 8.95. The molecule has 0 spiro atoms. The minimum Gasteiger partial charge on any atom is -0.391 e. The van der Waals surface area contributed by atoms with Crippen molar-refractivity contribution in [1.82, 2.24) is 4.90 Å². The van der Waals surface area contributed by atoms with Crippen LogP contribution in [0, 0.1) is 3.57 Å². The molecule has 1 N–H and O–H groups in total. The number of piperidine rings is 1. The second-order valence-electron chi connectivity index (χ2n) is 7.18. The summed E-state index contributed by atoms with van der Waals surface area (Å²) in [4.78, 5) is 2.53. The van der Waals surface area contributed by atoms with Crippen LogP contribution in [0.15, 0.2) is 48.5 Å². The van der Waals surface area contributed by atoms with E-state index in [1.165, 1.54) is 33.1 Å². The van der Waals surface area contributed by atoms with Crippen molar-refractivity contribution in [1.29, 1.82) is 0 Å². The first-order chi connectivity index (χ1) is 11.7. The Morgan fingerprint density at radius 3 is 2.42 bits per heavy atom. The number of hydrogen-bond acceptors (Lipinski definition) is 2. The maximum absolute atomic E-state index is 10.7. The van der Waals surface area contributed by atoms with Crippen LogP contribution in [-0.4, -0.2) is 35.2 Å². The largest absolute Gasteiger partial charge is 0.391 e. The van der Waals surface area contributed by atoms with E-state index in [9.17, 15) is 5.11 Å². The normalized spacial score (nSPS) is 25.4. The molecule has 1 heterocycles. The summed E-state index contributed by atoms with van der Waals surface area (Å²) in [6.07, 6.45) is 3.96. The van der Waals surface area contributed by atoms with Crippen LogP contribution >= 0.6 is 22.6 Å². The number of aliphatic hydroxyl groups is 1. The average Bonchev–Trinajstić information content (AvgIpc) is 2.62. The van der Waals surface area contributed by atoms with Crippen molar-refractivity contribution < 1.29 is 5.11 Å². The van der Waals surface area contributed by atoms with Crippen LogP contribution in [0.1, 0.15) is 35.4 Å². The number of benzene rings is 2. The molecule has 0 saturated carbocycles. The zero-order chi connectivity index (χ0) is 16.5. The molecule has 0 amide bonds. The third kappa shape index (κ3) is 3.39. The number of fused-ring (bicyclic) bond motifs is 1. The molecule has 0 bridgehead atoms. The van der Waals surface area contributed by atoms with Crippen LogP contribution in [0.5, 0.6) is 0 Å². The van der Waals surface area contributed by atoms with Crippen molar-refractivity contribution in [2.45, 2.75) is 43.7 Å². The van der Waals surface area contributed by atoms with Crippen LogP contribution in [0.25, 0.3) is 0 Å². The quantitative estimate of drug-likeness (QED) is 0.724. The second kappa shape index (κ2) is 7.14. The summed E-state index contributed by atoms with van der Waals surface area (Å²) in [6.45, 7) is 2.20. The third-order valence-electron chi connectivity index (χ3n) is 5.74. The molecule has 0 unspecified atom stereocenters. The van der Waals surface area contributed by atoms with Gasteiger partial charge in [-0.1, -0.05) is 36.4 Å². The molecular formula is C21H24INO.